The van der Waals surface area contributed by atoms with Crippen LogP contribution in [-0.2, 0) is 27.7 Å². The second kappa shape index (κ2) is 9.56. The van der Waals surface area contributed by atoms with Gasteiger partial charge in [0.15, 0.2) is 12.4 Å². The van der Waals surface area contributed by atoms with Crippen molar-refractivity contribution >= 4 is 21.8 Å². The Balaban J connectivity index is 1.44. The molecule has 0 atom stereocenters. The van der Waals surface area contributed by atoms with E-state index >= 15 is 0 Å². The first kappa shape index (κ1) is 22.7. The summed E-state index contributed by atoms with van der Waals surface area (Å²) >= 11 is 0. The van der Waals surface area contributed by atoms with Gasteiger partial charge in [-0.25, -0.2) is 13.2 Å². The molecule has 8 heteroatoms. The maximum Gasteiger partial charge on any atom is 0.338 e. The van der Waals surface area contributed by atoms with Crippen LogP contribution in [0.1, 0.15) is 31.8 Å². The van der Waals surface area contributed by atoms with E-state index in [4.69, 9.17) is 9.47 Å². The van der Waals surface area contributed by atoms with Crippen LogP contribution in [0.15, 0.2) is 77.7 Å². The standard InChI is InChI=1S/C25H23NO6S/c1-31-22-11-9-19(10-12-22)24(27)17-32-25(28)20-7-4-8-23(15-20)33(29,30)26-14-13-18-5-2-3-6-21(18)16-26/h2-12,15H,13-14,16-17H2,1H3. The monoisotopic (exact) mass is 465 g/mol. The van der Waals surface area contributed by atoms with Crippen LogP contribution in [0.5, 0.6) is 5.75 Å². The number of ketones is 1. The molecule has 170 valence electrons. The van der Waals surface area contributed by atoms with Gasteiger partial charge in [-0.3, -0.25) is 4.79 Å². The van der Waals surface area contributed by atoms with Crippen LogP contribution >= 0.6 is 0 Å². The fraction of sp³-hybridized carbons (Fsp3) is 0.200. The summed E-state index contributed by atoms with van der Waals surface area (Å²) in [7, 11) is -2.27. The fourth-order valence-corrected chi connectivity index (χ4v) is 5.15. The molecule has 0 saturated carbocycles. The lowest BCUT2D eigenvalue weighted by Gasteiger charge is -2.28. The van der Waals surface area contributed by atoms with Gasteiger partial charge in [-0.15, -0.1) is 0 Å². The first-order chi connectivity index (χ1) is 15.9. The zero-order chi connectivity index (χ0) is 23.4. The number of fused-ring (bicyclic) bond motifs is 1. The Hall–Kier alpha value is -3.49. The van der Waals surface area contributed by atoms with E-state index in [1.165, 1.54) is 35.7 Å². The predicted octanol–water partition coefficient (Wildman–Crippen LogP) is 3.48. The van der Waals surface area contributed by atoms with E-state index in [0.29, 0.717) is 24.3 Å². The van der Waals surface area contributed by atoms with E-state index in [-0.39, 0.29) is 22.8 Å². The van der Waals surface area contributed by atoms with Crippen molar-refractivity contribution in [3.05, 3.63) is 95.1 Å². The van der Waals surface area contributed by atoms with Gasteiger partial charge in [0, 0.05) is 18.7 Å². The van der Waals surface area contributed by atoms with Crippen LogP contribution in [-0.4, -0.2) is 44.7 Å². The molecule has 1 aliphatic heterocycles. The number of methoxy groups -OCH3 is 1. The first-order valence-corrected chi connectivity index (χ1v) is 11.8. The van der Waals surface area contributed by atoms with Crippen LogP contribution in [0.4, 0.5) is 0 Å². The lowest BCUT2D eigenvalue weighted by molar-refractivity contribution is 0.0474. The molecule has 0 fully saturated rings. The molecule has 1 aliphatic rings. The van der Waals surface area contributed by atoms with E-state index in [9.17, 15) is 18.0 Å². The number of hydrogen-bond acceptors (Lipinski definition) is 6. The van der Waals surface area contributed by atoms with E-state index < -0.39 is 22.6 Å². The molecule has 0 amide bonds. The minimum Gasteiger partial charge on any atom is -0.497 e. The van der Waals surface area contributed by atoms with E-state index in [0.717, 1.165) is 11.1 Å². The molecule has 33 heavy (non-hydrogen) atoms. The van der Waals surface area contributed by atoms with Gasteiger partial charge < -0.3 is 9.47 Å². The average Bonchev–Trinajstić information content (AvgIpc) is 2.86. The van der Waals surface area contributed by atoms with Crippen LogP contribution in [0.3, 0.4) is 0 Å². The largest absolute Gasteiger partial charge is 0.497 e. The number of esters is 1. The molecule has 1 heterocycles. The smallest absolute Gasteiger partial charge is 0.338 e. The van der Waals surface area contributed by atoms with Crippen LogP contribution in [0, 0.1) is 0 Å². The van der Waals surface area contributed by atoms with Gasteiger partial charge in [-0.2, -0.15) is 4.31 Å². The van der Waals surface area contributed by atoms with Gasteiger partial charge in [-0.05, 0) is 60.0 Å². The molecule has 0 saturated heterocycles. The van der Waals surface area contributed by atoms with Crippen LogP contribution in [0.25, 0.3) is 0 Å². The SMILES string of the molecule is COc1ccc(C(=O)COC(=O)c2cccc(S(=O)(=O)N3CCc4ccccc4C3)c2)cc1. The lowest BCUT2D eigenvalue weighted by Crippen LogP contribution is -2.36. The molecular formula is C25H23NO6S. The zero-order valence-electron chi connectivity index (χ0n) is 18.1. The van der Waals surface area contributed by atoms with E-state index in [2.05, 4.69) is 0 Å². The number of benzene rings is 3. The van der Waals surface area contributed by atoms with Gasteiger partial charge in [-0.1, -0.05) is 30.3 Å². The van der Waals surface area contributed by atoms with Gasteiger partial charge in [0.25, 0.3) is 0 Å². The average molecular weight is 466 g/mol. The number of ether oxygens (including phenoxy) is 2. The van der Waals surface area contributed by atoms with Crippen molar-refractivity contribution < 1.29 is 27.5 Å². The minimum atomic E-state index is -3.79. The number of hydrogen-bond donors (Lipinski definition) is 0. The van der Waals surface area contributed by atoms with Gasteiger partial charge >= 0.3 is 5.97 Å². The third kappa shape index (κ3) is 4.97. The molecule has 0 unspecified atom stereocenters. The second-order valence-corrected chi connectivity index (χ2v) is 9.55. The molecule has 0 bridgehead atoms. The highest BCUT2D eigenvalue weighted by Crippen LogP contribution is 2.25. The van der Waals surface area contributed by atoms with Crippen molar-refractivity contribution in [3.8, 4) is 5.75 Å². The predicted molar refractivity (Wildman–Crippen MR) is 122 cm³/mol. The third-order valence-electron chi connectivity index (χ3n) is 5.55. The summed E-state index contributed by atoms with van der Waals surface area (Å²) in [6.45, 7) is 0.193. The van der Waals surface area contributed by atoms with Gasteiger partial charge in [0.05, 0.1) is 17.6 Å². The second-order valence-electron chi connectivity index (χ2n) is 7.61. The topological polar surface area (TPSA) is 90.0 Å². The normalized spacial score (nSPS) is 13.7. The summed E-state index contributed by atoms with van der Waals surface area (Å²) in [6, 6.07) is 19.9. The highest BCUT2D eigenvalue weighted by Gasteiger charge is 2.28. The Kier molecular flexibility index (Phi) is 6.57. The number of carbonyl (C=O) groups is 2. The zero-order valence-corrected chi connectivity index (χ0v) is 18.9. The lowest BCUT2D eigenvalue weighted by atomic mass is 10.0. The highest BCUT2D eigenvalue weighted by molar-refractivity contribution is 7.89. The van der Waals surface area contributed by atoms with Crippen LogP contribution < -0.4 is 4.74 Å². The summed E-state index contributed by atoms with van der Waals surface area (Å²) in [5.74, 6) is -0.529. The number of carbonyl (C=O) groups excluding carboxylic acids is 2. The fourth-order valence-electron chi connectivity index (χ4n) is 3.68. The third-order valence-corrected chi connectivity index (χ3v) is 7.39. The molecule has 3 aromatic rings. The van der Waals surface area contributed by atoms with Gasteiger partial charge in [0.1, 0.15) is 5.75 Å². The Bertz CT molecular complexity index is 1280. The quantitative estimate of drug-likeness (QED) is 0.392. The Morgan fingerprint density at radius 2 is 1.64 bits per heavy atom. The minimum absolute atomic E-state index is 0.0119. The maximum atomic E-state index is 13.2. The number of rotatable bonds is 7. The molecule has 0 radical (unpaired) electrons. The summed E-state index contributed by atoms with van der Waals surface area (Å²) in [5, 5.41) is 0. The summed E-state index contributed by atoms with van der Waals surface area (Å²) in [4.78, 5) is 24.8. The summed E-state index contributed by atoms with van der Waals surface area (Å²) in [5.41, 5.74) is 2.56. The molecular weight excluding hydrogens is 442 g/mol. The molecule has 0 spiro atoms. The Labute approximate surface area is 192 Å². The number of sulfonamides is 1. The molecule has 4 rings (SSSR count). The summed E-state index contributed by atoms with van der Waals surface area (Å²) < 4.78 is 38.0. The Morgan fingerprint density at radius 1 is 0.909 bits per heavy atom. The maximum absolute atomic E-state index is 13.2. The molecule has 0 aliphatic carbocycles. The van der Waals surface area contributed by atoms with Crippen molar-refractivity contribution in [1.82, 2.24) is 4.31 Å². The highest BCUT2D eigenvalue weighted by atomic mass is 32.2. The molecule has 0 aromatic heterocycles. The number of Topliss-reactive ketones (excluding diaryl/α,β-unsaturated/α-hetero) is 1. The van der Waals surface area contributed by atoms with Crippen molar-refractivity contribution in [1.29, 1.82) is 0 Å². The van der Waals surface area contributed by atoms with Crippen molar-refractivity contribution in [3.63, 3.8) is 0 Å². The van der Waals surface area contributed by atoms with E-state index in [1.54, 1.807) is 24.3 Å². The van der Waals surface area contributed by atoms with Crippen LogP contribution in [0.2, 0.25) is 0 Å². The number of nitrogens with zero attached hydrogens (tertiary/aromatic N) is 1. The molecule has 3 aromatic carbocycles. The van der Waals surface area contributed by atoms with E-state index in [1.807, 2.05) is 24.3 Å². The van der Waals surface area contributed by atoms with Crippen molar-refractivity contribution in [2.45, 2.75) is 17.9 Å². The van der Waals surface area contributed by atoms with Crippen molar-refractivity contribution in [2.24, 2.45) is 0 Å². The molecule has 7 nitrogen and oxygen atoms in total. The summed E-state index contributed by atoms with van der Waals surface area (Å²) in [6.07, 6.45) is 0.630. The van der Waals surface area contributed by atoms with Crippen molar-refractivity contribution in [2.75, 3.05) is 20.3 Å². The Morgan fingerprint density at radius 3 is 2.36 bits per heavy atom. The van der Waals surface area contributed by atoms with Gasteiger partial charge in [0.2, 0.25) is 10.0 Å². The first-order valence-electron chi connectivity index (χ1n) is 10.4. The molecule has 0 N–H and O–H groups in total.